The van der Waals surface area contributed by atoms with Gasteiger partial charge in [0.1, 0.15) is 0 Å². The molecule has 0 bridgehead atoms. The van der Waals surface area contributed by atoms with E-state index in [1.807, 2.05) is 4.90 Å². The highest BCUT2D eigenvalue weighted by atomic mass is 35.5. The van der Waals surface area contributed by atoms with Crippen molar-refractivity contribution in [2.45, 2.75) is 31.7 Å². The number of amides is 1. The van der Waals surface area contributed by atoms with Crippen molar-refractivity contribution >= 4 is 29.1 Å². The van der Waals surface area contributed by atoms with Gasteiger partial charge >= 0.3 is 0 Å². The Hall–Kier alpha value is -0.770. The van der Waals surface area contributed by atoms with Crippen molar-refractivity contribution in [1.29, 1.82) is 0 Å². The van der Waals surface area contributed by atoms with E-state index < -0.39 is 0 Å². The van der Waals surface area contributed by atoms with Gasteiger partial charge in [0.2, 0.25) is 0 Å². The van der Waals surface area contributed by atoms with Gasteiger partial charge in [-0.3, -0.25) is 4.79 Å². The Morgan fingerprint density at radius 2 is 1.95 bits per heavy atom. The molecule has 2 heterocycles. The van der Waals surface area contributed by atoms with Gasteiger partial charge in [-0.05, 0) is 56.3 Å². The van der Waals surface area contributed by atoms with Crippen molar-refractivity contribution in [1.82, 2.24) is 10.2 Å². The lowest BCUT2D eigenvalue weighted by molar-refractivity contribution is 0.0674. The molecule has 2 saturated heterocycles. The average Bonchev–Trinajstić information content (AvgIpc) is 3.01. The maximum atomic E-state index is 12.5. The predicted octanol–water partition coefficient (Wildman–Crippen LogP) is 3.60. The first-order chi connectivity index (χ1) is 10.1. The van der Waals surface area contributed by atoms with Gasteiger partial charge in [0.15, 0.2) is 0 Å². The summed E-state index contributed by atoms with van der Waals surface area (Å²) in [5.41, 5.74) is 0.554. The molecule has 0 radical (unpaired) electrons. The molecule has 2 aliphatic rings. The molecule has 114 valence electrons. The molecule has 1 aromatic rings. The number of benzene rings is 1. The highest BCUT2D eigenvalue weighted by Gasteiger charge is 2.30. The average molecular weight is 327 g/mol. The topological polar surface area (TPSA) is 32.3 Å². The number of rotatable bonds is 2. The van der Waals surface area contributed by atoms with Crippen molar-refractivity contribution in [2.24, 2.45) is 5.92 Å². The van der Waals surface area contributed by atoms with Crippen LogP contribution in [0, 0.1) is 5.92 Å². The SMILES string of the molecule is O=C(c1ccc(Cl)cc1Cl)N1CCC(C2CCCN2)CC1. The van der Waals surface area contributed by atoms with Crippen LogP contribution in [0.3, 0.4) is 0 Å². The first-order valence-electron chi connectivity index (χ1n) is 7.63. The van der Waals surface area contributed by atoms with E-state index in [4.69, 9.17) is 23.2 Å². The summed E-state index contributed by atoms with van der Waals surface area (Å²) in [5.74, 6) is 0.728. The van der Waals surface area contributed by atoms with Crippen LogP contribution in [0.5, 0.6) is 0 Å². The fourth-order valence-electron chi connectivity index (χ4n) is 3.45. The Bertz CT molecular complexity index is 521. The second kappa shape index (κ2) is 6.55. The molecule has 0 spiro atoms. The zero-order valence-corrected chi connectivity index (χ0v) is 13.5. The molecule has 0 saturated carbocycles. The largest absolute Gasteiger partial charge is 0.339 e. The van der Waals surface area contributed by atoms with Crippen LogP contribution in [-0.4, -0.2) is 36.5 Å². The van der Waals surface area contributed by atoms with Gasteiger partial charge in [0, 0.05) is 24.2 Å². The number of hydrogen-bond donors (Lipinski definition) is 1. The summed E-state index contributed by atoms with van der Waals surface area (Å²) in [6, 6.07) is 5.72. The minimum atomic E-state index is 0.0227. The maximum absolute atomic E-state index is 12.5. The van der Waals surface area contributed by atoms with E-state index in [1.54, 1.807) is 18.2 Å². The normalized spacial score (nSPS) is 23.5. The quantitative estimate of drug-likeness (QED) is 0.900. The van der Waals surface area contributed by atoms with Crippen LogP contribution in [0.15, 0.2) is 18.2 Å². The molecule has 21 heavy (non-hydrogen) atoms. The number of nitrogens with zero attached hydrogens (tertiary/aromatic N) is 1. The van der Waals surface area contributed by atoms with Gasteiger partial charge in [0.05, 0.1) is 10.6 Å². The molecule has 0 aliphatic carbocycles. The first-order valence-corrected chi connectivity index (χ1v) is 8.38. The van der Waals surface area contributed by atoms with E-state index in [1.165, 1.54) is 12.8 Å². The van der Waals surface area contributed by atoms with Gasteiger partial charge in [-0.25, -0.2) is 0 Å². The summed E-state index contributed by atoms with van der Waals surface area (Å²) in [6.45, 7) is 2.78. The van der Waals surface area contributed by atoms with Crippen molar-refractivity contribution in [3.63, 3.8) is 0 Å². The van der Waals surface area contributed by atoms with Crippen LogP contribution in [0.1, 0.15) is 36.0 Å². The summed E-state index contributed by atoms with van der Waals surface area (Å²) in [6.07, 6.45) is 4.72. The monoisotopic (exact) mass is 326 g/mol. The molecule has 3 nitrogen and oxygen atoms in total. The third-order valence-corrected chi connectivity index (χ3v) is 5.20. The Labute approximate surface area is 135 Å². The molecule has 3 rings (SSSR count). The van der Waals surface area contributed by atoms with Crippen LogP contribution < -0.4 is 5.32 Å². The van der Waals surface area contributed by atoms with Crippen molar-refractivity contribution in [3.05, 3.63) is 33.8 Å². The molecule has 2 aliphatic heterocycles. The third-order valence-electron chi connectivity index (χ3n) is 4.66. The van der Waals surface area contributed by atoms with Gasteiger partial charge in [0.25, 0.3) is 5.91 Å². The standard InChI is InChI=1S/C16H20Cl2N2O/c17-12-3-4-13(14(18)10-12)16(21)20-8-5-11(6-9-20)15-2-1-7-19-15/h3-4,10-11,15,19H,1-2,5-9H2. The van der Waals surface area contributed by atoms with Crippen molar-refractivity contribution < 1.29 is 4.79 Å². The first kappa shape index (κ1) is 15.1. The van der Waals surface area contributed by atoms with Crippen molar-refractivity contribution in [2.75, 3.05) is 19.6 Å². The zero-order chi connectivity index (χ0) is 14.8. The van der Waals surface area contributed by atoms with Crippen LogP contribution in [0.2, 0.25) is 10.0 Å². The predicted molar refractivity (Wildman–Crippen MR) is 86.1 cm³/mol. The van der Waals surface area contributed by atoms with E-state index in [0.29, 0.717) is 27.6 Å². The van der Waals surface area contributed by atoms with Crippen molar-refractivity contribution in [3.8, 4) is 0 Å². The zero-order valence-electron chi connectivity index (χ0n) is 11.9. The number of halogens is 2. The van der Waals surface area contributed by atoms with Gasteiger partial charge < -0.3 is 10.2 Å². The molecule has 2 fully saturated rings. The smallest absolute Gasteiger partial charge is 0.255 e. The van der Waals surface area contributed by atoms with E-state index in [-0.39, 0.29) is 5.91 Å². The second-order valence-electron chi connectivity index (χ2n) is 5.96. The van der Waals surface area contributed by atoms with Gasteiger partial charge in [-0.15, -0.1) is 0 Å². The number of carbonyl (C=O) groups excluding carboxylic acids is 1. The van der Waals surface area contributed by atoms with Gasteiger partial charge in [-0.1, -0.05) is 23.2 Å². The Morgan fingerprint density at radius 3 is 2.57 bits per heavy atom. The molecule has 1 unspecified atom stereocenters. The fraction of sp³-hybridized carbons (Fsp3) is 0.562. The van der Waals surface area contributed by atoms with E-state index in [9.17, 15) is 4.79 Å². The summed E-state index contributed by atoms with van der Waals surface area (Å²) in [5, 5.41) is 4.57. The third kappa shape index (κ3) is 3.36. The van der Waals surface area contributed by atoms with Crippen LogP contribution in [0.4, 0.5) is 0 Å². The number of carbonyl (C=O) groups is 1. The molecule has 1 N–H and O–H groups in total. The van der Waals surface area contributed by atoms with Crippen LogP contribution in [0.25, 0.3) is 0 Å². The van der Waals surface area contributed by atoms with E-state index >= 15 is 0 Å². The summed E-state index contributed by atoms with van der Waals surface area (Å²) < 4.78 is 0. The molecule has 1 aromatic carbocycles. The Balaban J connectivity index is 1.62. The minimum Gasteiger partial charge on any atom is -0.339 e. The maximum Gasteiger partial charge on any atom is 0.255 e. The minimum absolute atomic E-state index is 0.0227. The number of hydrogen-bond acceptors (Lipinski definition) is 2. The fourth-order valence-corrected chi connectivity index (χ4v) is 3.94. The summed E-state index contributed by atoms with van der Waals surface area (Å²) >= 11 is 12.0. The molecular weight excluding hydrogens is 307 g/mol. The Morgan fingerprint density at radius 1 is 1.19 bits per heavy atom. The van der Waals surface area contributed by atoms with E-state index in [2.05, 4.69) is 5.32 Å². The number of likely N-dealkylation sites (tertiary alicyclic amines) is 1. The summed E-state index contributed by atoms with van der Waals surface area (Å²) in [7, 11) is 0. The molecule has 0 aromatic heterocycles. The highest BCUT2D eigenvalue weighted by Crippen LogP contribution is 2.28. The lowest BCUT2D eigenvalue weighted by atomic mass is 9.88. The molecular formula is C16H20Cl2N2O. The highest BCUT2D eigenvalue weighted by molar-refractivity contribution is 6.36. The molecule has 5 heteroatoms. The van der Waals surface area contributed by atoms with Gasteiger partial charge in [-0.2, -0.15) is 0 Å². The van der Waals surface area contributed by atoms with E-state index in [0.717, 1.165) is 32.5 Å². The lowest BCUT2D eigenvalue weighted by Gasteiger charge is -2.35. The number of piperidine rings is 1. The Kier molecular flexibility index (Phi) is 4.72. The molecule has 1 atom stereocenters. The number of nitrogens with one attached hydrogen (secondary N) is 1. The van der Waals surface area contributed by atoms with Crippen LogP contribution >= 0.6 is 23.2 Å². The lowest BCUT2D eigenvalue weighted by Crippen LogP contribution is -2.43. The second-order valence-corrected chi connectivity index (χ2v) is 6.80. The summed E-state index contributed by atoms with van der Waals surface area (Å²) in [4.78, 5) is 14.5. The molecule has 1 amide bonds. The van der Waals surface area contributed by atoms with Crippen LogP contribution in [-0.2, 0) is 0 Å².